The molecule has 0 N–H and O–H groups in total. The Labute approximate surface area is 140 Å². The number of carbonyl (C=O) groups is 1. The molecule has 0 aliphatic carbocycles. The first-order chi connectivity index (χ1) is 10.6. The summed E-state index contributed by atoms with van der Waals surface area (Å²) in [4.78, 5) is 16.0. The molecule has 0 unspecified atom stereocenters. The maximum Gasteiger partial charge on any atom is 0.410 e. The summed E-state index contributed by atoms with van der Waals surface area (Å²) in [5, 5.41) is 0.789. The second kappa shape index (κ2) is 7.68. The SMILES string of the molecule is C=C/C(=C\C=C1/CN(C)C2=C1CN(C(=O)OCC)CC2)CBr. The largest absolute Gasteiger partial charge is 0.450 e. The molecule has 1 amide bonds. The van der Waals surface area contributed by atoms with E-state index >= 15 is 0 Å². The molecule has 5 heteroatoms. The van der Waals surface area contributed by atoms with Gasteiger partial charge in [-0.05, 0) is 23.6 Å². The predicted molar refractivity (Wildman–Crippen MR) is 93.0 cm³/mol. The van der Waals surface area contributed by atoms with Gasteiger partial charge in [0.2, 0.25) is 0 Å². The van der Waals surface area contributed by atoms with Gasteiger partial charge < -0.3 is 14.5 Å². The van der Waals surface area contributed by atoms with Gasteiger partial charge in [0, 0.05) is 37.6 Å². The summed E-state index contributed by atoms with van der Waals surface area (Å²) in [6.45, 7) is 8.32. The van der Waals surface area contributed by atoms with Crippen molar-refractivity contribution in [3.05, 3.63) is 47.2 Å². The lowest BCUT2D eigenvalue weighted by Gasteiger charge is -2.29. The van der Waals surface area contributed by atoms with Gasteiger partial charge >= 0.3 is 6.09 Å². The van der Waals surface area contributed by atoms with Crippen LogP contribution < -0.4 is 0 Å². The summed E-state index contributed by atoms with van der Waals surface area (Å²) in [5.74, 6) is 0. The van der Waals surface area contributed by atoms with Crippen LogP contribution in [0.25, 0.3) is 0 Å². The minimum absolute atomic E-state index is 0.217. The maximum absolute atomic E-state index is 12.0. The van der Waals surface area contributed by atoms with Gasteiger partial charge in [0.1, 0.15) is 0 Å². The minimum Gasteiger partial charge on any atom is -0.450 e. The van der Waals surface area contributed by atoms with Crippen LogP contribution in [-0.4, -0.2) is 54.5 Å². The van der Waals surface area contributed by atoms with E-state index in [1.807, 2.05) is 13.0 Å². The maximum atomic E-state index is 12.0. The van der Waals surface area contributed by atoms with Crippen LogP contribution >= 0.6 is 15.9 Å². The van der Waals surface area contributed by atoms with Crippen LogP contribution in [0.3, 0.4) is 0 Å². The number of halogens is 1. The average molecular weight is 367 g/mol. The Kier molecular flexibility index (Phi) is 5.89. The Morgan fingerprint density at radius 2 is 2.23 bits per heavy atom. The monoisotopic (exact) mass is 366 g/mol. The van der Waals surface area contributed by atoms with E-state index in [4.69, 9.17) is 4.74 Å². The highest BCUT2D eigenvalue weighted by molar-refractivity contribution is 9.09. The number of carbonyl (C=O) groups excluding carboxylic acids is 1. The van der Waals surface area contributed by atoms with Crippen LogP contribution in [0, 0.1) is 0 Å². The number of alkyl halides is 1. The quantitative estimate of drug-likeness (QED) is 0.563. The van der Waals surface area contributed by atoms with E-state index < -0.39 is 0 Å². The summed E-state index contributed by atoms with van der Waals surface area (Å²) >= 11 is 3.45. The lowest BCUT2D eigenvalue weighted by Crippen LogP contribution is -2.37. The van der Waals surface area contributed by atoms with E-state index in [-0.39, 0.29) is 6.09 Å². The number of nitrogens with zero attached hydrogens (tertiary/aromatic N) is 2. The first-order valence-corrected chi connectivity index (χ1v) is 8.66. The number of amides is 1. The van der Waals surface area contributed by atoms with Gasteiger partial charge in [-0.3, -0.25) is 0 Å². The van der Waals surface area contributed by atoms with Crippen molar-refractivity contribution in [3.8, 4) is 0 Å². The predicted octanol–water partition coefficient (Wildman–Crippen LogP) is 3.48. The van der Waals surface area contributed by atoms with E-state index in [1.165, 1.54) is 16.8 Å². The minimum atomic E-state index is -0.217. The second-order valence-electron chi connectivity index (χ2n) is 5.42. The number of hydrogen-bond donors (Lipinski definition) is 0. The van der Waals surface area contributed by atoms with Crippen molar-refractivity contribution in [1.82, 2.24) is 9.80 Å². The van der Waals surface area contributed by atoms with Crippen molar-refractivity contribution in [2.24, 2.45) is 0 Å². The van der Waals surface area contributed by atoms with Gasteiger partial charge in [0.15, 0.2) is 0 Å². The van der Waals surface area contributed by atoms with E-state index in [1.54, 1.807) is 4.90 Å². The molecule has 0 aromatic rings. The summed E-state index contributed by atoms with van der Waals surface area (Å²) in [6, 6.07) is 0. The van der Waals surface area contributed by atoms with Crippen molar-refractivity contribution in [3.63, 3.8) is 0 Å². The Hall–Kier alpha value is -1.49. The van der Waals surface area contributed by atoms with Gasteiger partial charge in [-0.1, -0.05) is 40.7 Å². The zero-order valence-corrected chi connectivity index (χ0v) is 14.9. The molecule has 0 spiro atoms. The van der Waals surface area contributed by atoms with Crippen LogP contribution in [-0.2, 0) is 4.74 Å². The van der Waals surface area contributed by atoms with Gasteiger partial charge in [0.25, 0.3) is 0 Å². The number of hydrogen-bond acceptors (Lipinski definition) is 3. The highest BCUT2D eigenvalue weighted by Gasteiger charge is 2.31. The molecule has 0 aromatic carbocycles. The molecule has 4 nitrogen and oxygen atoms in total. The number of allylic oxidation sites excluding steroid dienone is 4. The Bertz CT molecular complexity index is 549. The fraction of sp³-hybridized carbons (Fsp3) is 0.471. The fourth-order valence-electron chi connectivity index (χ4n) is 2.81. The molecule has 22 heavy (non-hydrogen) atoms. The fourth-order valence-corrected chi connectivity index (χ4v) is 3.22. The molecule has 0 radical (unpaired) electrons. The van der Waals surface area contributed by atoms with E-state index in [0.717, 1.165) is 30.4 Å². The second-order valence-corrected chi connectivity index (χ2v) is 5.98. The molecule has 0 saturated heterocycles. The average Bonchev–Trinajstić information content (AvgIpc) is 2.84. The highest BCUT2D eigenvalue weighted by atomic mass is 79.9. The van der Waals surface area contributed by atoms with Crippen molar-refractivity contribution < 1.29 is 9.53 Å². The van der Waals surface area contributed by atoms with Crippen LogP contribution in [0.2, 0.25) is 0 Å². The molecule has 2 aliphatic heterocycles. The third-order valence-electron chi connectivity index (χ3n) is 4.01. The third kappa shape index (κ3) is 3.64. The Morgan fingerprint density at radius 1 is 1.45 bits per heavy atom. The van der Waals surface area contributed by atoms with E-state index in [0.29, 0.717) is 13.2 Å². The molecule has 120 valence electrons. The molecule has 0 aromatic heterocycles. The van der Waals surface area contributed by atoms with Gasteiger partial charge in [-0.2, -0.15) is 0 Å². The summed E-state index contributed by atoms with van der Waals surface area (Å²) in [5.41, 5.74) is 5.02. The molecule has 0 fully saturated rings. The summed E-state index contributed by atoms with van der Waals surface area (Å²) in [7, 11) is 2.11. The molecule has 0 bridgehead atoms. The van der Waals surface area contributed by atoms with Crippen molar-refractivity contribution >= 4 is 22.0 Å². The zero-order valence-electron chi connectivity index (χ0n) is 13.3. The molecule has 0 saturated carbocycles. The van der Waals surface area contributed by atoms with Crippen molar-refractivity contribution in [1.29, 1.82) is 0 Å². The van der Waals surface area contributed by atoms with Gasteiger partial charge in [-0.15, -0.1) is 0 Å². The zero-order chi connectivity index (χ0) is 16.1. The first-order valence-electron chi connectivity index (χ1n) is 7.54. The molecule has 2 heterocycles. The van der Waals surface area contributed by atoms with E-state index in [2.05, 4.69) is 46.6 Å². The normalized spacial score (nSPS) is 20.5. The van der Waals surface area contributed by atoms with Gasteiger partial charge in [-0.25, -0.2) is 4.79 Å². The smallest absolute Gasteiger partial charge is 0.410 e. The summed E-state index contributed by atoms with van der Waals surface area (Å²) in [6.07, 6.45) is 6.76. The highest BCUT2D eigenvalue weighted by Crippen LogP contribution is 2.33. The Morgan fingerprint density at radius 3 is 2.86 bits per heavy atom. The topological polar surface area (TPSA) is 32.8 Å². The molecule has 0 atom stereocenters. The number of likely N-dealkylation sites (N-methyl/N-ethyl adjacent to an activating group) is 1. The number of ether oxygens (including phenoxy) is 1. The third-order valence-corrected chi connectivity index (χ3v) is 4.66. The lowest BCUT2D eigenvalue weighted by atomic mass is 10.0. The number of rotatable bonds is 4. The molecular weight excluding hydrogens is 344 g/mol. The first kappa shape index (κ1) is 16.9. The van der Waals surface area contributed by atoms with Crippen LogP contribution in [0.5, 0.6) is 0 Å². The van der Waals surface area contributed by atoms with Gasteiger partial charge in [0.05, 0.1) is 13.2 Å². The lowest BCUT2D eigenvalue weighted by molar-refractivity contribution is 0.108. The Balaban J connectivity index is 2.20. The summed E-state index contributed by atoms with van der Waals surface area (Å²) < 4.78 is 5.12. The standard InChI is InChI=1S/C17H23BrN2O2/c1-4-13(10-18)6-7-14-11-19(3)16-8-9-20(12-15(14)16)17(21)22-5-2/h4,6-7H,1,5,8-12H2,2-3H3/b13-6+,14-7+. The van der Waals surface area contributed by atoms with Crippen molar-refractivity contribution in [2.75, 3.05) is 38.6 Å². The molecule has 2 rings (SSSR count). The van der Waals surface area contributed by atoms with Crippen molar-refractivity contribution in [2.45, 2.75) is 13.3 Å². The van der Waals surface area contributed by atoms with E-state index in [9.17, 15) is 4.79 Å². The molecular formula is C17H23BrN2O2. The molecule has 2 aliphatic rings. The van der Waals surface area contributed by atoms with Crippen LogP contribution in [0.15, 0.2) is 47.2 Å². The van der Waals surface area contributed by atoms with Crippen LogP contribution in [0.4, 0.5) is 4.79 Å². The van der Waals surface area contributed by atoms with Crippen LogP contribution in [0.1, 0.15) is 13.3 Å².